The summed E-state index contributed by atoms with van der Waals surface area (Å²) in [5.41, 5.74) is 4.64. The monoisotopic (exact) mass is 583 g/mol. The summed E-state index contributed by atoms with van der Waals surface area (Å²) in [6.45, 7) is 4.02. The Kier molecular flexibility index (Phi) is 9.61. The first-order valence-electron chi connectivity index (χ1n) is 10.4. The van der Waals surface area contributed by atoms with Gasteiger partial charge in [0.15, 0.2) is 0 Å². The summed E-state index contributed by atoms with van der Waals surface area (Å²) in [6.07, 6.45) is 3.22. The third-order valence-electron chi connectivity index (χ3n) is 4.70. The average molecular weight is 585 g/mol. The van der Waals surface area contributed by atoms with E-state index < -0.39 is 6.04 Å². The highest BCUT2D eigenvalue weighted by Gasteiger charge is 2.19. The molecule has 0 radical (unpaired) electrons. The summed E-state index contributed by atoms with van der Waals surface area (Å²) in [5.74, 6) is 0.0719. The number of hydrogen-bond acceptors (Lipinski definition) is 4. The van der Waals surface area contributed by atoms with Crippen molar-refractivity contribution in [1.29, 1.82) is 0 Å². The van der Waals surface area contributed by atoms with E-state index >= 15 is 0 Å². The zero-order valence-electron chi connectivity index (χ0n) is 18.2. The molecule has 0 fully saturated rings. The van der Waals surface area contributed by atoms with Crippen LogP contribution in [0.5, 0.6) is 5.75 Å². The predicted octanol–water partition coefficient (Wildman–Crippen LogP) is 5.79. The maximum atomic E-state index is 12.7. The van der Waals surface area contributed by atoms with Crippen molar-refractivity contribution < 1.29 is 14.3 Å². The normalized spacial score (nSPS) is 11.6. The number of nitrogens with one attached hydrogen (secondary N) is 2. The van der Waals surface area contributed by atoms with Crippen molar-refractivity contribution in [1.82, 2.24) is 10.7 Å². The van der Waals surface area contributed by atoms with Gasteiger partial charge < -0.3 is 10.1 Å². The first-order chi connectivity index (χ1) is 16.5. The number of rotatable bonds is 10. The van der Waals surface area contributed by atoms with Crippen LogP contribution in [0.4, 0.5) is 0 Å². The van der Waals surface area contributed by atoms with Crippen molar-refractivity contribution in [2.75, 3.05) is 6.61 Å². The summed E-state index contributed by atoms with van der Waals surface area (Å²) >= 11 is 6.94. The van der Waals surface area contributed by atoms with Crippen LogP contribution in [0.3, 0.4) is 0 Å². The summed E-state index contributed by atoms with van der Waals surface area (Å²) in [5, 5.41) is 7.01. The van der Waals surface area contributed by atoms with E-state index in [4.69, 9.17) is 4.74 Å². The molecule has 6 nitrogen and oxygen atoms in total. The molecule has 3 aromatic rings. The maximum Gasteiger partial charge on any atom is 0.251 e. The Bertz CT molecular complexity index is 1150. The van der Waals surface area contributed by atoms with Crippen molar-refractivity contribution in [3.05, 3.63) is 111 Å². The lowest BCUT2D eigenvalue weighted by atomic mass is 10.0. The van der Waals surface area contributed by atoms with E-state index in [1.165, 1.54) is 6.21 Å². The lowest BCUT2D eigenvalue weighted by molar-refractivity contribution is -0.121. The Balaban J connectivity index is 1.66. The number of hydrazone groups is 1. The van der Waals surface area contributed by atoms with E-state index in [1.54, 1.807) is 30.3 Å². The van der Waals surface area contributed by atoms with E-state index in [0.717, 1.165) is 20.1 Å². The molecule has 1 atom stereocenters. The first-order valence-corrected chi connectivity index (χ1v) is 12.0. The van der Waals surface area contributed by atoms with Gasteiger partial charge in [-0.05, 0) is 67.3 Å². The smallest absolute Gasteiger partial charge is 0.251 e. The fraction of sp³-hybridized carbons (Fsp3) is 0.115. The fourth-order valence-corrected chi connectivity index (χ4v) is 4.56. The topological polar surface area (TPSA) is 79.8 Å². The highest BCUT2D eigenvalue weighted by atomic mass is 79.9. The highest BCUT2D eigenvalue weighted by molar-refractivity contribution is 9.11. The van der Waals surface area contributed by atoms with Crippen LogP contribution in [0.1, 0.15) is 33.9 Å². The average Bonchev–Trinajstić information content (AvgIpc) is 2.84. The zero-order valence-corrected chi connectivity index (χ0v) is 21.4. The first kappa shape index (κ1) is 25.4. The highest BCUT2D eigenvalue weighted by Crippen LogP contribution is 2.34. The van der Waals surface area contributed by atoms with Crippen molar-refractivity contribution in [2.45, 2.75) is 12.5 Å². The Hall–Kier alpha value is -3.23. The number of halogens is 2. The van der Waals surface area contributed by atoms with Crippen LogP contribution in [0.15, 0.2) is 99.5 Å². The summed E-state index contributed by atoms with van der Waals surface area (Å²) < 4.78 is 7.08. The van der Waals surface area contributed by atoms with Gasteiger partial charge in [-0.25, -0.2) is 5.43 Å². The number of ether oxygens (including phenoxy) is 1. The second-order valence-corrected chi connectivity index (χ2v) is 8.92. The minimum absolute atomic E-state index is 0.0294. The van der Waals surface area contributed by atoms with Gasteiger partial charge in [0, 0.05) is 5.56 Å². The number of carbonyl (C=O) groups excluding carboxylic acids is 2. The molecule has 34 heavy (non-hydrogen) atoms. The SMILES string of the molecule is C=CCOc1c(Br)cc(/C=N\NC(=O)C[C@@H](NC(=O)c2ccccc2)c2ccccc2)cc1Br. The lowest BCUT2D eigenvalue weighted by Crippen LogP contribution is -2.32. The molecule has 174 valence electrons. The van der Waals surface area contributed by atoms with E-state index in [-0.39, 0.29) is 18.2 Å². The van der Waals surface area contributed by atoms with Gasteiger partial charge in [-0.15, -0.1) is 0 Å². The molecule has 0 aliphatic rings. The van der Waals surface area contributed by atoms with Crippen molar-refractivity contribution in [3.8, 4) is 5.75 Å². The molecule has 0 saturated heterocycles. The predicted molar refractivity (Wildman–Crippen MR) is 141 cm³/mol. The van der Waals surface area contributed by atoms with Gasteiger partial charge in [0.25, 0.3) is 5.91 Å². The van der Waals surface area contributed by atoms with Crippen molar-refractivity contribution >= 4 is 49.9 Å². The summed E-state index contributed by atoms with van der Waals surface area (Å²) in [7, 11) is 0. The van der Waals surface area contributed by atoms with Gasteiger partial charge in [-0.3, -0.25) is 9.59 Å². The molecule has 8 heteroatoms. The van der Waals surface area contributed by atoms with E-state index in [9.17, 15) is 9.59 Å². The van der Waals surface area contributed by atoms with Crippen molar-refractivity contribution in [2.24, 2.45) is 5.10 Å². The third kappa shape index (κ3) is 7.40. The molecular formula is C26H23Br2N3O3. The molecule has 0 heterocycles. The van der Waals surface area contributed by atoms with Crippen LogP contribution in [0, 0.1) is 0 Å². The third-order valence-corrected chi connectivity index (χ3v) is 5.88. The molecule has 0 spiro atoms. The molecule has 3 rings (SSSR count). The number of nitrogens with zero attached hydrogens (tertiary/aromatic N) is 1. The van der Waals surface area contributed by atoms with E-state index in [1.807, 2.05) is 48.5 Å². The van der Waals surface area contributed by atoms with Crippen molar-refractivity contribution in [3.63, 3.8) is 0 Å². The Morgan fingerprint density at radius 1 is 1.00 bits per heavy atom. The molecule has 0 aliphatic carbocycles. The number of amides is 2. The molecule has 0 bridgehead atoms. The summed E-state index contributed by atoms with van der Waals surface area (Å²) in [6, 6.07) is 21.4. The molecular weight excluding hydrogens is 562 g/mol. The van der Waals surface area contributed by atoms with Gasteiger partial charge in [-0.2, -0.15) is 5.10 Å². The molecule has 0 unspecified atom stereocenters. The number of carbonyl (C=O) groups is 2. The Morgan fingerprint density at radius 2 is 1.62 bits per heavy atom. The van der Waals surface area contributed by atoms with Gasteiger partial charge >= 0.3 is 0 Å². The van der Waals surface area contributed by atoms with Gasteiger partial charge in [-0.1, -0.05) is 61.2 Å². The second-order valence-electron chi connectivity index (χ2n) is 7.21. The van der Waals surface area contributed by atoms with E-state index in [2.05, 4.69) is 54.3 Å². The molecule has 3 aromatic carbocycles. The van der Waals surface area contributed by atoms with E-state index in [0.29, 0.717) is 17.9 Å². The Morgan fingerprint density at radius 3 is 2.24 bits per heavy atom. The van der Waals surface area contributed by atoms with Crippen LogP contribution in [-0.2, 0) is 4.79 Å². The Labute approximate surface area is 215 Å². The molecule has 2 amide bonds. The van der Waals surface area contributed by atoms with Gasteiger partial charge in [0.2, 0.25) is 5.91 Å². The number of hydrogen-bond donors (Lipinski definition) is 2. The van der Waals surface area contributed by atoms with Crippen LogP contribution in [0.2, 0.25) is 0 Å². The molecule has 2 N–H and O–H groups in total. The fourth-order valence-electron chi connectivity index (χ4n) is 3.11. The minimum atomic E-state index is -0.506. The maximum absolute atomic E-state index is 12.7. The molecule has 0 aromatic heterocycles. The van der Waals surface area contributed by atoms with Crippen LogP contribution in [0.25, 0.3) is 0 Å². The lowest BCUT2D eigenvalue weighted by Gasteiger charge is -2.18. The minimum Gasteiger partial charge on any atom is -0.487 e. The summed E-state index contributed by atoms with van der Waals surface area (Å²) in [4.78, 5) is 25.3. The molecule has 0 saturated carbocycles. The quantitative estimate of drug-likeness (QED) is 0.180. The zero-order chi connectivity index (χ0) is 24.3. The largest absolute Gasteiger partial charge is 0.487 e. The van der Waals surface area contributed by atoms with Crippen LogP contribution in [-0.4, -0.2) is 24.6 Å². The van der Waals surface area contributed by atoms with Gasteiger partial charge in [0.1, 0.15) is 12.4 Å². The number of benzene rings is 3. The standard InChI is InChI=1S/C26H23Br2N3O3/c1-2-13-34-25-21(27)14-18(15-22(25)28)17-29-31-24(32)16-23(19-9-5-3-6-10-19)30-26(33)20-11-7-4-8-12-20/h2-12,14-15,17,23H,1,13,16H2,(H,30,33)(H,31,32)/b29-17-/t23-/m1/s1. The molecule has 0 aliphatic heterocycles. The van der Waals surface area contributed by atoms with Crippen LogP contribution < -0.4 is 15.5 Å². The van der Waals surface area contributed by atoms with Gasteiger partial charge in [0.05, 0.1) is 27.6 Å². The van der Waals surface area contributed by atoms with Crippen LogP contribution >= 0.6 is 31.9 Å². The second kappa shape index (κ2) is 12.9.